The second-order valence-electron chi connectivity index (χ2n) is 6.55. The van der Waals surface area contributed by atoms with Crippen molar-refractivity contribution in [2.45, 2.75) is 13.0 Å². The molecule has 3 aromatic carbocycles. The number of amides is 1. The van der Waals surface area contributed by atoms with Crippen molar-refractivity contribution in [1.29, 1.82) is 0 Å². The average molecular weight is 389 g/mol. The fourth-order valence-electron chi connectivity index (χ4n) is 3.11. The van der Waals surface area contributed by atoms with Gasteiger partial charge in [-0.25, -0.2) is 4.79 Å². The third-order valence-corrected chi connectivity index (χ3v) is 4.62. The molecule has 29 heavy (non-hydrogen) atoms. The van der Waals surface area contributed by atoms with Gasteiger partial charge in [0.1, 0.15) is 16.9 Å². The van der Waals surface area contributed by atoms with Crippen LogP contribution >= 0.6 is 0 Å². The van der Waals surface area contributed by atoms with Gasteiger partial charge in [-0.05, 0) is 31.2 Å². The summed E-state index contributed by atoms with van der Waals surface area (Å²) in [5, 5.41) is 4.60. The van der Waals surface area contributed by atoms with Crippen LogP contribution in [-0.2, 0) is 9.53 Å². The van der Waals surface area contributed by atoms with Crippen LogP contribution in [-0.4, -0.2) is 25.1 Å². The maximum Gasteiger partial charge on any atom is 0.338 e. The Hall–Kier alpha value is -3.80. The van der Waals surface area contributed by atoms with Crippen LogP contribution in [0.5, 0.6) is 5.75 Å². The van der Waals surface area contributed by atoms with Crippen molar-refractivity contribution >= 4 is 39.5 Å². The number of carbonyl (C=O) groups excluding carboxylic acids is 2. The highest BCUT2D eigenvalue weighted by Crippen LogP contribution is 2.36. The summed E-state index contributed by atoms with van der Waals surface area (Å²) in [6.07, 6.45) is -0.987. The highest BCUT2D eigenvalue weighted by molar-refractivity contribution is 6.08. The van der Waals surface area contributed by atoms with Crippen molar-refractivity contribution in [3.63, 3.8) is 0 Å². The molecule has 0 aliphatic heterocycles. The van der Waals surface area contributed by atoms with Gasteiger partial charge in [0.25, 0.3) is 5.91 Å². The van der Waals surface area contributed by atoms with Gasteiger partial charge in [0.15, 0.2) is 6.10 Å². The first kappa shape index (κ1) is 18.6. The average Bonchev–Trinajstić information content (AvgIpc) is 3.11. The molecule has 0 saturated heterocycles. The minimum atomic E-state index is -0.987. The number of esters is 1. The topological polar surface area (TPSA) is 77.8 Å². The summed E-state index contributed by atoms with van der Waals surface area (Å²) < 4.78 is 16.6. The monoisotopic (exact) mass is 389 g/mol. The number of furan rings is 1. The number of nitrogens with one attached hydrogen (secondary N) is 1. The van der Waals surface area contributed by atoms with Crippen LogP contribution in [0, 0.1) is 0 Å². The van der Waals surface area contributed by atoms with E-state index in [-0.39, 0.29) is 0 Å². The molecule has 146 valence electrons. The summed E-state index contributed by atoms with van der Waals surface area (Å²) in [4.78, 5) is 24.7. The van der Waals surface area contributed by atoms with Gasteiger partial charge < -0.3 is 19.2 Å². The van der Waals surface area contributed by atoms with E-state index in [4.69, 9.17) is 13.9 Å². The van der Waals surface area contributed by atoms with Crippen LogP contribution in [0.25, 0.3) is 21.9 Å². The first-order chi connectivity index (χ1) is 14.1. The first-order valence-electron chi connectivity index (χ1n) is 9.13. The molecule has 1 amide bonds. The van der Waals surface area contributed by atoms with Crippen molar-refractivity contribution in [1.82, 2.24) is 0 Å². The van der Waals surface area contributed by atoms with Gasteiger partial charge in [0.05, 0.1) is 18.4 Å². The molecule has 0 aliphatic rings. The quantitative estimate of drug-likeness (QED) is 0.497. The van der Waals surface area contributed by atoms with E-state index in [0.29, 0.717) is 22.6 Å². The van der Waals surface area contributed by atoms with Gasteiger partial charge in [0.2, 0.25) is 0 Å². The number of rotatable bonds is 5. The molecule has 1 aromatic heterocycles. The first-order valence-corrected chi connectivity index (χ1v) is 9.13. The SMILES string of the molecule is COc1cc2c(cc1NC(=O)[C@@H](C)OC(=O)c1ccccc1)oc1ccccc12. The predicted molar refractivity (Wildman–Crippen MR) is 110 cm³/mol. The van der Waals surface area contributed by atoms with Crippen molar-refractivity contribution in [3.05, 3.63) is 72.3 Å². The smallest absolute Gasteiger partial charge is 0.338 e. The second-order valence-corrected chi connectivity index (χ2v) is 6.55. The summed E-state index contributed by atoms with van der Waals surface area (Å²) in [6, 6.07) is 19.7. The zero-order valence-electron chi connectivity index (χ0n) is 16.0. The van der Waals surface area contributed by atoms with Crippen LogP contribution in [0.1, 0.15) is 17.3 Å². The number of anilines is 1. The number of methoxy groups -OCH3 is 1. The lowest BCUT2D eigenvalue weighted by Gasteiger charge is -2.15. The molecular formula is C23H19NO5. The van der Waals surface area contributed by atoms with Crippen LogP contribution in [0.4, 0.5) is 5.69 Å². The summed E-state index contributed by atoms with van der Waals surface area (Å²) >= 11 is 0. The van der Waals surface area contributed by atoms with E-state index in [9.17, 15) is 9.59 Å². The Morgan fingerprint density at radius 1 is 0.931 bits per heavy atom. The lowest BCUT2D eigenvalue weighted by atomic mass is 10.1. The zero-order chi connectivity index (χ0) is 20.4. The number of carbonyl (C=O) groups is 2. The molecule has 0 radical (unpaired) electrons. The number of hydrogen-bond acceptors (Lipinski definition) is 5. The molecule has 0 saturated carbocycles. The predicted octanol–water partition coefficient (Wildman–Crippen LogP) is 4.78. The van der Waals surface area contributed by atoms with E-state index in [0.717, 1.165) is 16.4 Å². The van der Waals surface area contributed by atoms with Gasteiger partial charge >= 0.3 is 5.97 Å². The zero-order valence-corrected chi connectivity index (χ0v) is 16.0. The molecule has 0 bridgehead atoms. The molecule has 6 heteroatoms. The summed E-state index contributed by atoms with van der Waals surface area (Å²) in [7, 11) is 1.53. The fourth-order valence-corrected chi connectivity index (χ4v) is 3.11. The Morgan fingerprint density at radius 2 is 1.66 bits per heavy atom. The maximum atomic E-state index is 12.6. The van der Waals surface area contributed by atoms with E-state index in [1.807, 2.05) is 30.3 Å². The standard InChI is InChI=1S/C23H19NO5/c1-14(28-23(26)15-8-4-3-5-9-15)22(25)24-18-13-20-17(12-21(18)27-2)16-10-6-7-11-19(16)29-20/h3-14H,1-2H3,(H,24,25)/t14-/m1/s1. The van der Waals surface area contributed by atoms with Crippen LogP contribution in [0.3, 0.4) is 0 Å². The molecule has 0 aliphatic carbocycles. The van der Waals surface area contributed by atoms with Gasteiger partial charge in [-0.1, -0.05) is 36.4 Å². The summed E-state index contributed by atoms with van der Waals surface area (Å²) in [5.74, 6) is -0.546. The third-order valence-electron chi connectivity index (χ3n) is 4.62. The van der Waals surface area contributed by atoms with E-state index >= 15 is 0 Å². The highest BCUT2D eigenvalue weighted by atomic mass is 16.5. The number of fused-ring (bicyclic) bond motifs is 3. The normalized spacial score (nSPS) is 11.9. The van der Waals surface area contributed by atoms with Crippen molar-refractivity contribution in [3.8, 4) is 5.75 Å². The van der Waals surface area contributed by atoms with E-state index in [1.54, 1.807) is 36.4 Å². The Labute approximate surface area is 167 Å². The molecule has 6 nitrogen and oxygen atoms in total. The Morgan fingerprint density at radius 3 is 2.41 bits per heavy atom. The molecule has 4 aromatic rings. The molecule has 0 fully saturated rings. The number of para-hydroxylation sites is 1. The Kier molecular flexibility index (Phi) is 4.91. The van der Waals surface area contributed by atoms with Crippen LogP contribution in [0.15, 0.2) is 71.1 Å². The van der Waals surface area contributed by atoms with E-state index in [1.165, 1.54) is 14.0 Å². The van der Waals surface area contributed by atoms with Gasteiger partial charge in [0, 0.05) is 16.8 Å². The Balaban J connectivity index is 1.57. The molecule has 0 unspecified atom stereocenters. The summed E-state index contributed by atoms with van der Waals surface area (Å²) in [5.41, 5.74) is 2.19. The molecule has 4 rings (SSSR count). The highest BCUT2D eigenvalue weighted by Gasteiger charge is 2.21. The maximum absolute atomic E-state index is 12.6. The van der Waals surface area contributed by atoms with Crippen LogP contribution in [0.2, 0.25) is 0 Å². The number of hydrogen-bond donors (Lipinski definition) is 1. The van der Waals surface area contributed by atoms with Gasteiger partial charge in [-0.3, -0.25) is 4.79 Å². The van der Waals surface area contributed by atoms with Crippen molar-refractivity contribution < 1.29 is 23.5 Å². The third kappa shape index (κ3) is 3.65. The molecule has 1 heterocycles. The largest absolute Gasteiger partial charge is 0.495 e. The Bertz CT molecular complexity index is 1200. The molecular weight excluding hydrogens is 370 g/mol. The molecule has 1 atom stereocenters. The second kappa shape index (κ2) is 7.67. The van der Waals surface area contributed by atoms with E-state index in [2.05, 4.69) is 5.32 Å². The van der Waals surface area contributed by atoms with E-state index < -0.39 is 18.0 Å². The number of ether oxygens (including phenoxy) is 2. The van der Waals surface area contributed by atoms with Crippen molar-refractivity contribution in [2.75, 3.05) is 12.4 Å². The minimum Gasteiger partial charge on any atom is -0.495 e. The summed E-state index contributed by atoms with van der Waals surface area (Å²) in [6.45, 7) is 1.52. The molecule has 0 spiro atoms. The lowest BCUT2D eigenvalue weighted by Crippen LogP contribution is -2.30. The van der Waals surface area contributed by atoms with Gasteiger partial charge in [-0.15, -0.1) is 0 Å². The van der Waals surface area contributed by atoms with Crippen LogP contribution < -0.4 is 10.1 Å². The fraction of sp³-hybridized carbons (Fsp3) is 0.130. The minimum absolute atomic E-state index is 0.383. The molecule has 1 N–H and O–H groups in total. The van der Waals surface area contributed by atoms with Crippen molar-refractivity contribution in [2.24, 2.45) is 0 Å². The number of benzene rings is 3. The lowest BCUT2D eigenvalue weighted by molar-refractivity contribution is -0.123. The van der Waals surface area contributed by atoms with Gasteiger partial charge in [-0.2, -0.15) is 0 Å².